The molecule has 4 heteroatoms. The minimum absolute atomic E-state index is 0.0389. The molecule has 0 fully saturated rings. The van der Waals surface area contributed by atoms with Crippen LogP contribution in [-0.4, -0.2) is 31.6 Å². The summed E-state index contributed by atoms with van der Waals surface area (Å²) in [5, 5.41) is 3.00. The molecule has 0 spiro atoms. The highest BCUT2D eigenvalue weighted by Crippen LogP contribution is 2.31. The Balaban J connectivity index is 2.31. The van der Waals surface area contributed by atoms with Crippen LogP contribution in [0.3, 0.4) is 0 Å². The maximum atomic E-state index is 12.2. The van der Waals surface area contributed by atoms with Gasteiger partial charge in [0.05, 0.1) is 5.54 Å². The van der Waals surface area contributed by atoms with E-state index in [1.807, 2.05) is 13.8 Å². The fraction of sp³-hybridized carbons (Fsp3) is 0.462. The Morgan fingerprint density at radius 1 is 1.24 bits per heavy atom. The van der Waals surface area contributed by atoms with Crippen LogP contribution in [0.1, 0.15) is 24.2 Å². The van der Waals surface area contributed by atoms with Crippen molar-refractivity contribution in [2.75, 3.05) is 20.3 Å². The summed E-state index contributed by atoms with van der Waals surface area (Å²) in [7, 11) is 1.77. The zero-order chi connectivity index (χ0) is 12.5. The first-order valence-electron chi connectivity index (χ1n) is 5.68. The normalized spacial score (nSPS) is 14.5. The number of likely N-dealkylation sites (N-methyl/N-ethyl adjacent to an activating group) is 1. The quantitative estimate of drug-likeness (QED) is 0.809. The van der Waals surface area contributed by atoms with Crippen LogP contribution < -0.4 is 14.8 Å². The van der Waals surface area contributed by atoms with Crippen LogP contribution in [0.2, 0.25) is 0 Å². The molecular weight excluding hydrogens is 218 g/mol. The van der Waals surface area contributed by atoms with Gasteiger partial charge in [-0.05, 0) is 39.1 Å². The predicted octanol–water partition coefficient (Wildman–Crippen LogP) is 1.64. The van der Waals surface area contributed by atoms with Gasteiger partial charge in [0, 0.05) is 5.56 Å². The van der Waals surface area contributed by atoms with Gasteiger partial charge in [0.1, 0.15) is 13.2 Å². The molecule has 1 aliphatic heterocycles. The maximum absolute atomic E-state index is 12.2. The Labute approximate surface area is 101 Å². The number of ether oxygens (including phenoxy) is 2. The van der Waals surface area contributed by atoms with Crippen LogP contribution in [0, 0.1) is 0 Å². The van der Waals surface area contributed by atoms with Crippen molar-refractivity contribution in [1.29, 1.82) is 0 Å². The molecule has 0 saturated heterocycles. The smallest absolute Gasteiger partial charge is 0.182 e. The van der Waals surface area contributed by atoms with Gasteiger partial charge < -0.3 is 14.8 Å². The first-order chi connectivity index (χ1) is 8.04. The van der Waals surface area contributed by atoms with E-state index in [9.17, 15) is 4.79 Å². The van der Waals surface area contributed by atoms with Crippen LogP contribution in [-0.2, 0) is 0 Å². The van der Waals surface area contributed by atoms with Crippen LogP contribution in [0.25, 0.3) is 0 Å². The molecule has 0 radical (unpaired) electrons. The summed E-state index contributed by atoms with van der Waals surface area (Å²) in [5.74, 6) is 1.39. The number of ketones is 1. The number of carbonyl (C=O) groups excluding carboxylic acids is 1. The van der Waals surface area contributed by atoms with Crippen molar-refractivity contribution in [3.63, 3.8) is 0 Å². The fourth-order valence-corrected chi connectivity index (χ4v) is 1.66. The van der Waals surface area contributed by atoms with E-state index in [1.165, 1.54) is 0 Å². The highest BCUT2D eigenvalue weighted by Gasteiger charge is 2.27. The third-order valence-electron chi connectivity index (χ3n) is 3.00. The zero-order valence-electron chi connectivity index (χ0n) is 10.4. The third kappa shape index (κ3) is 2.26. The molecule has 0 aromatic heterocycles. The van der Waals surface area contributed by atoms with E-state index < -0.39 is 5.54 Å². The Morgan fingerprint density at radius 2 is 1.88 bits per heavy atom. The summed E-state index contributed by atoms with van der Waals surface area (Å²) < 4.78 is 10.9. The molecule has 0 saturated carbocycles. The van der Waals surface area contributed by atoms with Crippen molar-refractivity contribution in [2.24, 2.45) is 0 Å². The van der Waals surface area contributed by atoms with Crippen LogP contribution in [0.5, 0.6) is 11.5 Å². The van der Waals surface area contributed by atoms with Gasteiger partial charge in [0.15, 0.2) is 17.3 Å². The molecule has 1 N–H and O–H groups in total. The number of benzene rings is 1. The number of hydrogen-bond donors (Lipinski definition) is 1. The molecule has 1 aliphatic rings. The lowest BCUT2D eigenvalue weighted by Crippen LogP contribution is -2.44. The van der Waals surface area contributed by atoms with Crippen LogP contribution in [0.4, 0.5) is 0 Å². The van der Waals surface area contributed by atoms with E-state index in [1.54, 1.807) is 25.2 Å². The summed E-state index contributed by atoms with van der Waals surface area (Å²) in [6, 6.07) is 5.30. The number of hydrogen-bond acceptors (Lipinski definition) is 4. The largest absolute Gasteiger partial charge is 0.486 e. The molecule has 0 bridgehead atoms. The highest BCUT2D eigenvalue weighted by atomic mass is 16.6. The average molecular weight is 235 g/mol. The predicted molar refractivity (Wildman–Crippen MR) is 64.9 cm³/mol. The van der Waals surface area contributed by atoms with Gasteiger partial charge in [-0.15, -0.1) is 0 Å². The molecule has 17 heavy (non-hydrogen) atoms. The second-order valence-corrected chi connectivity index (χ2v) is 4.56. The van der Waals surface area contributed by atoms with E-state index in [-0.39, 0.29) is 5.78 Å². The molecule has 1 aromatic carbocycles. The van der Waals surface area contributed by atoms with Crippen LogP contribution >= 0.6 is 0 Å². The topological polar surface area (TPSA) is 47.6 Å². The van der Waals surface area contributed by atoms with Gasteiger partial charge in [-0.3, -0.25) is 4.79 Å². The molecule has 4 nitrogen and oxygen atoms in total. The second-order valence-electron chi connectivity index (χ2n) is 4.56. The molecule has 2 rings (SSSR count). The summed E-state index contributed by atoms with van der Waals surface area (Å²) in [6.45, 7) is 4.79. The maximum Gasteiger partial charge on any atom is 0.182 e. The van der Waals surface area contributed by atoms with Gasteiger partial charge in [-0.25, -0.2) is 0 Å². The van der Waals surface area contributed by atoms with Gasteiger partial charge in [0.25, 0.3) is 0 Å². The van der Waals surface area contributed by atoms with Crippen LogP contribution in [0.15, 0.2) is 18.2 Å². The first kappa shape index (κ1) is 11.9. The van der Waals surface area contributed by atoms with Crippen molar-refractivity contribution in [1.82, 2.24) is 5.32 Å². The van der Waals surface area contributed by atoms with Crippen molar-refractivity contribution in [3.05, 3.63) is 23.8 Å². The first-order valence-corrected chi connectivity index (χ1v) is 5.68. The fourth-order valence-electron chi connectivity index (χ4n) is 1.66. The van der Waals surface area contributed by atoms with E-state index in [2.05, 4.69) is 5.32 Å². The van der Waals surface area contributed by atoms with Gasteiger partial charge in [0.2, 0.25) is 0 Å². The molecule has 1 heterocycles. The Bertz CT molecular complexity index is 440. The number of fused-ring (bicyclic) bond motifs is 1. The third-order valence-corrected chi connectivity index (χ3v) is 3.00. The Hall–Kier alpha value is -1.55. The van der Waals surface area contributed by atoms with E-state index in [4.69, 9.17) is 9.47 Å². The van der Waals surface area contributed by atoms with Crippen molar-refractivity contribution >= 4 is 5.78 Å². The Kier molecular flexibility index (Phi) is 3.07. The molecule has 0 aliphatic carbocycles. The van der Waals surface area contributed by atoms with Crippen molar-refractivity contribution in [2.45, 2.75) is 19.4 Å². The second kappa shape index (κ2) is 4.37. The molecule has 0 amide bonds. The van der Waals surface area contributed by atoms with Crippen molar-refractivity contribution in [3.8, 4) is 11.5 Å². The summed E-state index contributed by atoms with van der Waals surface area (Å²) in [4.78, 5) is 12.2. The molecular formula is C13H17NO3. The molecule has 0 unspecified atom stereocenters. The molecule has 0 atom stereocenters. The lowest BCUT2D eigenvalue weighted by molar-refractivity contribution is 0.0888. The number of carbonyl (C=O) groups is 1. The van der Waals surface area contributed by atoms with Gasteiger partial charge in [-0.2, -0.15) is 0 Å². The lowest BCUT2D eigenvalue weighted by Gasteiger charge is -2.24. The zero-order valence-corrected chi connectivity index (χ0v) is 10.4. The summed E-state index contributed by atoms with van der Waals surface area (Å²) >= 11 is 0. The lowest BCUT2D eigenvalue weighted by atomic mass is 9.93. The van der Waals surface area contributed by atoms with E-state index in [0.717, 1.165) is 0 Å². The standard InChI is InChI=1S/C13H17NO3/c1-13(2,14-3)12(15)9-4-5-10-11(8-9)17-7-6-16-10/h4-5,8,14H,6-7H2,1-3H3. The summed E-state index contributed by atoms with van der Waals surface area (Å²) in [6.07, 6.45) is 0. The van der Waals surface area contributed by atoms with Gasteiger partial charge >= 0.3 is 0 Å². The number of nitrogens with one attached hydrogen (secondary N) is 1. The van der Waals surface area contributed by atoms with Crippen molar-refractivity contribution < 1.29 is 14.3 Å². The number of rotatable bonds is 3. The molecule has 1 aromatic rings. The Morgan fingerprint density at radius 3 is 2.53 bits per heavy atom. The monoisotopic (exact) mass is 235 g/mol. The molecule has 92 valence electrons. The average Bonchev–Trinajstić information content (AvgIpc) is 2.37. The highest BCUT2D eigenvalue weighted by molar-refractivity contribution is 6.03. The minimum atomic E-state index is -0.580. The minimum Gasteiger partial charge on any atom is -0.486 e. The van der Waals surface area contributed by atoms with E-state index >= 15 is 0 Å². The van der Waals surface area contributed by atoms with E-state index in [0.29, 0.717) is 30.3 Å². The SMILES string of the molecule is CNC(C)(C)C(=O)c1ccc2c(c1)OCCO2. The summed E-state index contributed by atoms with van der Waals surface area (Å²) in [5.41, 5.74) is 0.0534. The van der Waals surface area contributed by atoms with Gasteiger partial charge in [-0.1, -0.05) is 0 Å². The number of Topliss-reactive ketones (excluding diaryl/α,β-unsaturated/α-hetero) is 1.